The number of amides is 1. The Bertz CT molecular complexity index is 575. The number of nitrogens with one attached hydrogen (secondary N) is 1. The lowest BCUT2D eigenvalue weighted by Crippen LogP contribution is -2.65. The van der Waals surface area contributed by atoms with Gasteiger partial charge in [-0.1, -0.05) is 0 Å². The number of aryl methyl sites for hydroxylation is 1. The predicted molar refractivity (Wildman–Crippen MR) is 82.7 cm³/mol. The summed E-state index contributed by atoms with van der Waals surface area (Å²) < 4.78 is 31.7. The first-order valence-electron chi connectivity index (χ1n) is 7.60. The van der Waals surface area contributed by atoms with Crippen LogP contribution < -0.4 is 5.32 Å². The Labute approximate surface area is 143 Å². The van der Waals surface area contributed by atoms with Crippen LogP contribution in [-0.4, -0.2) is 64.2 Å². The van der Waals surface area contributed by atoms with E-state index in [2.05, 4.69) is 15.3 Å². The lowest BCUT2D eigenvalue weighted by atomic mass is 9.81. The number of carboxylic acids is 1. The summed E-state index contributed by atoms with van der Waals surface area (Å²) >= 11 is 0. The first kappa shape index (κ1) is 20.8. The number of hydrogen-bond donors (Lipinski definition) is 2. The molecule has 140 valence electrons. The molecule has 1 saturated heterocycles. The fourth-order valence-electron chi connectivity index (χ4n) is 2.39. The molecule has 25 heavy (non-hydrogen) atoms. The summed E-state index contributed by atoms with van der Waals surface area (Å²) in [4.78, 5) is 31.0. The summed E-state index contributed by atoms with van der Waals surface area (Å²) in [5, 5.41) is 10.4. The van der Waals surface area contributed by atoms with Crippen LogP contribution in [0.3, 0.4) is 0 Å². The Morgan fingerprint density at radius 2 is 1.96 bits per heavy atom. The predicted octanol–water partition coefficient (Wildman–Crippen LogP) is 1.25. The van der Waals surface area contributed by atoms with Crippen LogP contribution in [0.25, 0.3) is 0 Å². The van der Waals surface area contributed by atoms with E-state index < -0.39 is 12.1 Å². The maximum absolute atomic E-state index is 12.1. The largest absolute Gasteiger partial charge is 0.490 e. The SMILES string of the molecule is CN(C)C(=O)C1(CCCc2cnccn2)CCN1.O=C(O)C(F)(F)F. The van der Waals surface area contributed by atoms with Crippen molar-refractivity contribution >= 4 is 11.9 Å². The van der Waals surface area contributed by atoms with Crippen LogP contribution in [0.15, 0.2) is 18.6 Å². The van der Waals surface area contributed by atoms with E-state index in [1.54, 1.807) is 23.5 Å². The zero-order valence-corrected chi connectivity index (χ0v) is 14.0. The molecule has 2 rings (SSSR count). The molecule has 2 heterocycles. The number of rotatable bonds is 5. The fraction of sp³-hybridized carbons (Fsp3) is 0.600. The third-order valence-electron chi connectivity index (χ3n) is 3.73. The van der Waals surface area contributed by atoms with E-state index in [9.17, 15) is 18.0 Å². The van der Waals surface area contributed by atoms with Crippen molar-refractivity contribution in [2.45, 2.75) is 37.4 Å². The molecule has 1 aliphatic rings. The smallest absolute Gasteiger partial charge is 0.475 e. The highest BCUT2D eigenvalue weighted by Gasteiger charge is 2.43. The van der Waals surface area contributed by atoms with Gasteiger partial charge in [-0.3, -0.25) is 14.8 Å². The van der Waals surface area contributed by atoms with Gasteiger partial charge >= 0.3 is 12.1 Å². The molecule has 1 aliphatic heterocycles. The molecule has 1 unspecified atom stereocenters. The normalized spacial score (nSPS) is 19.2. The second-order valence-electron chi connectivity index (χ2n) is 5.81. The van der Waals surface area contributed by atoms with Crippen molar-refractivity contribution in [3.63, 3.8) is 0 Å². The Morgan fingerprint density at radius 3 is 2.32 bits per heavy atom. The minimum atomic E-state index is -5.08. The minimum absolute atomic E-state index is 0.188. The van der Waals surface area contributed by atoms with Crippen LogP contribution in [0.5, 0.6) is 0 Å². The van der Waals surface area contributed by atoms with Crippen LogP contribution in [0.1, 0.15) is 25.0 Å². The van der Waals surface area contributed by atoms with Gasteiger partial charge in [-0.05, 0) is 32.2 Å². The minimum Gasteiger partial charge on any atom is -0.475 e. The van der Waals surface area contributed by atoms with E-state index in [0.717, 1.165) is 37.9 Å². The van der Waals surface area contributed by atoms with Gasteiger partial charge in [0.1, 0.15) is 0 Å². The van der Waals surface area contributed by atoms with E-state index in [-0.39, 0.29) is 11.4 Å². The molecule has 1 aromatic heterocycles. The van der Waals surface area contributed by atoms with E-state index in [1.165, 1.54) is 0 Å². The van der Waals surface area contributed by atoms with Crippen LogP contribution >= 0.6 is 0 Å². The van der Waals surface area contributed by atoms with Gasteiger partial charge < -0.3 is 15.3 Å². The molecule has 0 bridgehead atoms. The zero-order valence-electron chi connectivity index (χ0n) is 14.0. The first-order chi connectivity index (χ1) is 11.6. The maximum atomic E-state index is 12.1. The number of hydrogen-bond acceptors (Lipinski definition) is 5. The summed E-state index contributed by atoms with van der Waals surface area (Å²) in [7, 11) is 3.62. The van der Waals surface area contributed by atoms with Crippen molar-refractivity contribution in [2.24, 2.45) is 0 Å². The molecule has 1 aromatic rings. The van der Waals surface area contributed by atoms with Crippen molar-refractivity contribution < 1.29 is 27.9 Å². The van der Waals surface area contributed by atoms with Gasteiger partial charge in [0.15, 0.2) is 0 Å². The maximum Gasteiger partial charge on any atom is 0.490 e. The third kappa shape index (κ3) is 6.29. The number of alkyl halides is 3. The van der Waals surface area contributed by atoms with Crippen LogP contribution in [0.2, 0.25) is 0 Å². The Kier molecular flexibility index (Phi) is 7.28. The quantitative estimate of drug-likeness (QED) is 0.819. The Morgan fingerprint density at radius 1 is 1.36 bits per heavy atom. The van der Waals surface area contributed by atoms with Crippen LogP contribution in [-0.2, 0) is 16.0 Å². The van der Waals surface area contributed by atoms with Crippen molar-refractivity contribution in [3.05, 3.63) is 24.3 Å². The highest BCUT2D eigenvalue weighted by Crippen LogP contribution is 2.27. The summed E-state index contributed by atoms with van der Waals surface area (Å²) in [5.41, 5.74) is 0.662. The molecule has 0 aliphatic carbocycles. The molecule has 0 aromatic carbocycles. The molecular formula is C15H21F3N4O3. The van der Waals surface area contributed by atoms with Gasteiger partial charge in [0.25, 0.3) is 0 Å². The lowest BCUT2D eigenvalue weighted by molar-refractivity contribution is -0.192. The highest BCUT2D eigenvalue weighted by molar-refractivity contribution is 5.87. The van der Waals surface area contributed by atoms with E-state index in [4.69, 9.17) is 9.90 Å². The standard InChI is InChI=1S/C13H20N4O.C2HF3O2/c1-17(2)12(18)13(6-7-16-13)5-3-4-11-10-14-8-9-15-11;3-2(4,5)1(6)7/h8-10,16H,3-7H2,1-2H3;(H,6,7). The number of aromatic nitrogens is 2. The van der Waals surface area contributed by atoms with Crippen molar-refractivity contribution in [2.75, 3.05) is 20.6 Å². The lowest BCUT2D eigenvalue weighted by Gasteiger charge is -2.43. The highest BCUT2D eigenvalue weighted by atomic mass is 19.4. The van der Waals surface area contributed by atoms with E-state index in [0.29, 0.717) is 0 Å². The van der Waals surface area contributed by atoms with Gasteiger partial charge in [0.2, 0.25) is 5.91 Å². The molecule has 1 amide bonds. The van der Waals surface area contributed by atoms with Crippen molar-refractivity contribution in [1.82, 2.24) is 20.2 Å². The number of carbonyl (C=O) groups excluding carboxylic acids is 1. The molecule has 10 heteroatoms. The van der Waals surface area contributed by atoms with Gasteiger partial charge in [-0.15, -0.1) is 0 Å². The van der Waals surface area contributed by atoms with E-state index >= 15 is 0 Å². The van der Waals surface area contributed by atoms with Crippen molar-refractivity contribution in [3.8, 4) is 0 Å². The summed E-state index contributed by atoms with van der Waals surface area (Å²) in [6.45, 7) is 0.935. The zero-order chi connectivity index (χ0) is 19.1. The number of likely N-dealkylation sites (N-methyl/N-ethyl adjacent to an activating group) is 1. The average molecular weight is 362 g/mol. The number of carbonyl (C=O) groups is 2. The first-order valence-corrected chi connectivity index (χ1v) is 7.60. The molecule has 1 atom stereocenters. The number of halogens is 3. The summed E-state index contributed by atoms with van der Waals surface area (Å²) in [6, 6.07) is 0. The van der Waals surface area contributed by atoms with Gasteiger partial charge in [0.05, 0.1) is 11.2 Å². The summed E-state index contributed by atoms with van der Waals surface area (Å²) in [6.07, 6.45) is 3.70. The van der Waals surface area contributed by atoms with Gasteiger partial charge in [-0.2, -0.15) is 13.2 Å². The molecule has 0 radical (unpaired) electrons. The van der Waals surface area contributed by atoms with Crippen molar-refractivity contribution in [1.29, 1.82) is 0 Å². The molecule has 0 spiro atoms. The molecule has 0 saturated carbocycles. The van der Waals surface area contributed by atoms with E-state index in [1.807, 2.05) is 14.1 Å². The monoisotopic (exact) mass is 362 g/mol. The van der Waals surface area contributed by atoms with Crippen LogP contribution in [0, 0.1) is 0 Å². The number of aliphatic carboxylic acids is 1. The average Bonchev–Trinajstić information content (AvgIpc) is 2.50. The number of carboxylic acid groups (broad SMARTS) is 1. The topological polar surface area (TPSA) is 95.4 Å². The molecular weight excluding hydrogens is 341 g/mol. The second-order valence-corrected chi connectivity index (χ2v) is 5.81. The Hall–Kier alpha value is -2.23. The fourth-order valence-corrected chi connectivity index (χ4v) is 2.39. The Balaban J connectivity index is 0.000000381. The van der Waals surface area contributed by atoms with Gasteiger partial charge in [0, 0.05) is 32.7 Å². The van der Waals surface area contributed by atoms with Crippen LogP contribution in [0.4, 0.5) is 13.2 Å². The number of nitrogens with zero attached hydrogens (tertiary/aromatic N) is 3. The molecule has 2 N–H and O–H groups in total. The summed E-state index contributed by atoms with van der Waals surface area (Å²) in [5.74, 6) is -2.57. The molecule has 7 nitrogen and oxygen atoms in total. The second kappa shape index (κ2) is 8.75. The third-order valence-corrected chi connectivity index (χ3v) is 3.73. The van der Waals surface area contributed by atoms with Gasteiger partial charge in [-0.25, -0.2) is 4.79 Å². The molecule has 1 fully saturated rings.